The number of anilines is 1. The topological polar surface area (TPSA) is 54.9 Å². The second kappa shape index (κ2) is 8.09. The fourth-order valence-electron chi connectivity index (χ4n) is 1.80. The molecule has 23 heavy (non-hydrogen) atoms. The summed E-state index contributed by atoms with van der Waals surface area (Å²) in [5, 5.41) is 6.91. The summed E-state index contributed by atoms with van der Waals surface area (Å²) < 4.78 is 23.9. The van der Waals surface area contributed by atoms with Crippen molar-refractivity contribution in [1.82, 2.24) is 5.43 Å². The summed E-state index contributed by atoms with van der Waals surface area (Å²) in [6, 6.07) is 11.6. The molecule has 5 nitrogen and oxygen atoms in total. The number of rotatable bonds is 5. The number of methoxy groups -OCH3 is 2. The highest BCUT2D eigenvalue weighted by atomic mass is 32.1. The Bertz CT molecular complexity index is 722. The molecule has 0 radical (unpaired) electrons. The highest BCUT2D eigenvalue weighted by Gasteiger charge is 2.04. The molecule has 0 bridgehead atoms. The monoisotopic (exact) mass is 333 g/mol. The van der Waals surface area contributed by atoms with E-state index in [4.69, 9.17) is 21.7 Å². The molecule has 0 fully saturated rings. The highest BCUT2D eigenvalue weighted by molar-refractivity contribution is 7.80. The van der Waals surface area contributed by atoms with Crippen LogP contribution in [0.4, 0.5) is 10.1 Å². The minimum absolute atomic E-state index is 0.179. The second-order valence-electron chi connectivity index (χ2n) is 4.41. The fraction of sp³-hybridized carbons (Fsp3) is 0.125. The van der Waals surface area contributed by atoms with E-state index in [1.807, 2.05) is 0 Å². The van der Waals surface area contributed by atoms with Crippen LogP contribution in [0.25, 0.3) is 0 Å². The lowest BCUT2D eigenvalue weighted by Crippen LogP contribution is -2.24. The minimum atomic E-state index is -0.391. The van der Waals surface area contributed by atoms with Crippen molar-refractivity contribution in [2.24, 2.45) is 5.10 Å². The van der Waals surface area contributed by atoms with Crippen LogP contribution in [0.1, 0.15) is 5.56 Å². The Morgan fingerprint density at radius 3 is 2.65 bits per heavy atom. The van der Waals surface area contributed by atoms with Crippen molar-refractivity contribution >= 4 is 29.2 Å². The molecule has 0 saturated carbocycles. The van der Waals surface area contributed by atoms with Gasteiger partial charge in [-0.2, -0.15) is 5.10 Å². The number of benzene rings is 2. The van der Waals surface area contributed by atoms with E-state index >= 15 is 0 Å². The summed E-state index contributed by atoms with van der Waals surface area (Å²) in [5.41, 5.74) is 3.65. The molecule has 0 amide bonds. The first-order valence-corrected chi connectivity index (χ1v) is 7.11. The van der Waals surface area contributed by atoms with Gasteiger partial charge in [-0.15, -0.1) is 0 Å². The van der Waals surface area contributed by atoms with Gasteiger partial charge in [0, 0.05) is 11.6 Å². The summed E-state index contributed by atoms with van der Waals surface area (Å²) >= 11 is 5.06. The smallest absolute Gasteiger partial charge is 0.191 e. The Labute approximate surface area is 139 Å². The predicted molar refractivity (Wildman–Crippen MR) is 92.9 cm³/mol. The molecule has 2 aromatic rings. The Morgan fingerprint density at radius 1 is 1.17 bits per heavy atom. The van der Waals surface area contributed by atoms with Crippen LogP contribution in [0.3, 0.4) is 0 Å². The van der Waals surface area contributed by atoms with Crippen LogP contribution in [-0.2, 0) is 0 Å². The standard InChI is InChI=1S/C16H16FN3O2S/c1-21-12-8-7-11(15(9-12)22-2)10-18-20-16(23)19-14-6-4-3-5-13(14)17/h3-10H,1-2H3,(H2,19,20,23)/b18-10-. The van der Waals surface area contributed by atoms with E-state index in [9.17, 15) is 4.39 Å². The first kappa shape index (κ1) is 16.7. The van der Waals surface area contributed by atoms with Gasteiger partial charge >= 0.3 is 0 Å². The van der Waals surface area contributed by atoms with Gasteiger partial charge in [0.25, 0.3) is 0 Å². The molecule has 2 rings (SSSR count). The molecule has 0 unspecified atom stereocenters. The minimum Gasteiger partial charge on any atom is -0.497 e. The van der Waals surface area contributed by atoms with E-state index in [1.165, 1.54) is 6.07 Å². The largest absolute Gasteiger partial charge is 0.497 e. The molecule has 0 spiro atoms. The maximum absolute atomic E-state index is 13.5. The number of hydrogen-bond donors (Lipinski definition) is 2. The third-order valence-electron chi connectivity index (χ3n) is 2.93. The van der Waals surface area contributed by atoms with E-state index in [0.717, 1.165) is 5.56 Å². The predicted octanol–water partition coefficient (Wildman–Crippen LogP) is 3.16. The van der Waals surface area contributed by atoms with Gasteiger partial charge in [-0.25, -0.2) is 4.39 Å². The molecule has 7 heteroatoms. The fourth-order valence-corrected chi connectivity index (χ4v) is 1.96. The van der Waals surface area contributed by atoms with E-state index in [0.29, 0.717) is 11.5 Å². The van der Waals surface area contributed by atoms with Crippen molar-refractivity contribution in [3.63, 3.8) is 0 Å². The van der Waals surface area contributed by atoms with Crippen molar-refractivity contribution in [2.45, 2.75) is 0 Å². The summed E-state index contributed by atoms with van der Waals surface area (Å²) in [6.45, 7) is 0. The van der Waals surface area contributed by atoms with Crippen LogP contribution < -0.4 is 20.2 Å². The molecule has 0 heterocycles. The first-order valence-electron chi connectivity index (χ1n) is 6.70. The van der Waals surface area contributed by atoms with Crippen molar-refractivity contribution in [3.8, 4) is 11.5 Å². The van der Waals surface area contributed by atoms with Crippen molar-refractivity contribution < 1.29 is 13.9 Å². The molecule has 0 aromatic heterocycles. The SMILES string of the molecule is COc1ccc(/C=N\NC(=S)Nc2ccccc2F)c(OC)c1. The lowest BCUT2D eigenvalue weighted by Gasteiger charge is -2.08. The summed E-state index contributed by atoms with van der Waals surface area (Å²) in [4.78, 5) is 0. The maximum atomic E-state index is 13.5. The maximum Gasteiger partial charge on any atom is 0.191 e. The van der Waals surface area contributed by atoms with Crippen LogP contribution in [0.15, 0.2) is 47.6 Å². The number of thiocarbonyl (C=S) groups is 1. The molecule has 0 aliphatic heterocycles. The Hall–Kier alpha value is -2.67. The van der Waals surface area contributed by atoms with Gasteiger partial charge in [-0.1, -0.05) is 12.1 Å². The zero-order chi connectivity index (χ0) is 16.7. The van der Waals surface area contributed by atoms with Crippen LogP contribution in [0.5, 0.6) is 11.5 Å². The van der Waals surface area contributed by atoms with Crippen LogP contribution in [-0.4, -0.2) is 25.5 Å². The molecule has 0 aliphatic carbocycles. The van der Waals surface area contributed by atoms with Crippen LogP contribution in [0, 0.1) is 5.82 Å². The second-order valence-corrected chi connectivity index (χ2v) is 4.82. The third kappa shape index (κ3) is 4.65. The molecule has 2 N–H and O–H groups in total. The molecule has 0 aliphatic rings. The molecule has 120 valence electrons. The molecular formula is C16H16FN3O2S. The molecular weight excluding hydrogens is 317 g/mol. The van der Waals surface area contributed by atoms with Crippen molar-refractivity contribution in [2.75, 3.05) is 19.5 Å². The van der Waals surface area contributed by atoms with E-state index in [1.54, 1.807) is 56.8 Å². The number of hydrazone groups is 1. The molecule has 2 aromatic carbocycles. The summed E-state index contributed by atoms with van der Waals surface area (Å²) in [5.74, 6) is 0.907. The number of para-hydroxylation sites is 1. The molecule has 0 saturated heterocycles. The Kier molecular flexibility index (Phi) is 5.87. The van der Waals surface area contributed by atoms with Gasteiger partial charge in [0.15, 0.2) is 5.11 Å². The summed E-state index contributed by atoms with van der Waals surface area (Å²) in [6.07, 6.45) is 1.55. The lowest BCUT2D eigenvalue weighted by atomic mass is 10.2. The zero-order valence-electron chi connectivity index (χ0n) is 12.7. The van der Waals surface area contributed by atoms with Gasteiger partial charge in [0.1, 0.15) is 17.3 Å². The van der Waals surface area contributed by atoms with Gasteiger partial charge < -0.3 is 14.8 Å². The highest BCUT2D eigenvalue weighted by Crippen LogP contribution is 2.23. The van der Waals surface area contributed by atoms with E-state index in [-0.39, 0.29) is 10.8 Å². The van der Waals surface area contributed by atoms with Gasteiger partial charge in [0.2, 0.25) is 0 Å². The van der Waals surface area contributed by atoms with Gasteiger partial charge in [-0.3, -0.25) is 5.43 Å². The van der Waals surface area contributed by atoms with Crippen LogP contribution >= 0.6 is 12.2 Å². The number of hydrogen-bond acceptors (Lipinski definition) is 4. The average Bonchev–Trinajstić information content (AvgIpc) is 2.57. The summed E-state index contributed by atoms with van der Waals surface area (Å²) in [7, 11) is 3.14. The quantitative estimate of drug-likeness (QED) is 0.500. The number of nitrogens with zero attached hydrogens (tertiary/aromatic N) is 1. The number of nitrogens with one attached hydrogen (secondary N) is 2. The zero-order valence-corrected chi connectivity index (χ0v) is 13.5. The van der Waals surface area contributed by atoms with Crippen molar-refractivity contribution in [1.29, 1.82) is 0 Å². The molecule has 0 atom stereocenters. The third-order valence-corrected chi connectivity index (χ3v) is 3.13. The first-order chi connectivity index (χ1) is 11.1. The average molecular weight is 333 g/mol. The Morgan fingerprint density at radius 2 is 1.96 bits per heavy atom. The van der Waals surface area contributed by atoms with Gasteiger partial charge in [0.05, 0.1) is 26.1 Å². The van der Waals surface area contributed by atoms with E-state index < -0.39 is 5.82 Å². The normalized spacial score (nSPS) is 10.4. The van der Waals surface area contributed by atoms with Gasteiger partial charge in [-0.05, 0) is 36.5 Å². The van der Waals surface area contributed by atoms with Crippen LogP contribution in [0.2, 0.25) is 0 Å². The number of halogens is 1. The van der Waals surface area contributed by atoms with E-state index in [2.05, 4.69) is 15.8 Å². The number of ether oxygens (including phenoxy) is 2. The Balaban J connectivity index is 1.99. The lowest BCUT2D eigenvalue weighted by molar-refractivity contribution is 0.394. The van der Waals surface area contributed by atoms with Crippen molar-refractivity contribution in [3.05, 3.63) is 53.8 Å².